The van der Waals surface area contributed by atoms with Crippen molar-refractivity contribution < 1.29 is 4.79 Å². The zero-order valence-electron chi connectivity index (χ0n) is 8.66. The third-order valence-corrected chi connectivity index (χ3v) is 2.78. The SMILES string of the molecule is CC1(NC(=O)c2cnc(N)cn2)CCC1. The molecular weight excluding hydrogens is 192 g/mol. The van der Waals surface area contributed by atoms with E-state index in [4.69, 9.17) is 5.73 Å². The van der Waals surface area contributed by atoms with Crippen molar-refractivity contribution in [3.63, 3.8) is 0 Å². The number of nitrogens with two attached hydrogens (primary N) is 1. The first kappa shape index (κ1) is 9.89. The Labute approximate surface area is 88.1 Å². The molecule has 15 heavy (non-hydrogen) atoms. The number of nitrogens with one attached hydrogen (secondary N) is 1. The van der Waals surface area contributed by atoms with Crippen molar-refractivity contribution in [1.29, 1.82) is 0 Å². The van der Waals surface area contributed by atoms with Gasteiger partial charge in [0.15, 0.2) is 0 Å². The van der Waals surface area contributed by atoms with Crippen LogP contribution in [0.2, 0.25) is 0 Å². The Morgan fingerprint density at radius 2 is 2.20 bits per heavy atom. The summed E-state index contributed by atoms with van der Waals surface area (Å²) in [6.45, 7) is 2.04. The topological polar surface area (TPSA) is 80.9 Å². The first-order valence-electron chi connectivity index (χ1n) is 4.99. The second-order valence-electron chi connectivity index (χ2n) is 4.19. The number of nitrogen functional groups attached to an aromatic ring is 1. The van der Waals surface area contributed by atoms with Gasteiger partial charge in [-0.15, -0.1) is 0 Å². The molecule has 0 saturated heterocycles. The van der Waals surface area contributed by atoms with Crippen LogP contribution in [0.25, 0.3) is 0 Å². The molecule has 1 saturated carbocycles. The minimum absolute atomic E-state index is 0.0554. The second kappa shape index (κ2) is 3.49. The molecule has 3 N–H and O–H groups in total. The Kier molecular flexibility index (Phi) is 2.30. The van der Waals surface area contributed by atoms with Gasteiger partial charge in [0.05, 0.1) is 12.4 Å². The average Bonchev–Trinajstić information content (AvgIpc) is 2.16. The van der Waals surface area contributed by atoms with Gasteiger partial charge in [-0.05, 0) is 26.2 Å². The summed E-state index contributed by atoms with van der Waals surface area (Å²) in [5, 5.41) is 2.95. The number of nitrogens with zero attached hydrogens (tertiary/aromatic N) is 2. The smallest absolute Gasteiger partial charge is 0.271 e. The predicted molar refractivity (Wildman–Crippen MR) is 56.2 cm³/mol. The molecule has 1 fully saturated rings. The molecule has 80 valence electrons. The van der Waals surface area contributed by atoms with E-state index in [-0.39, 0.29) is 11.4 Å². The van der Waals surface area contributed by atoms with Gasteiger partial charge in [-0.2, -0.15) is 0 Å². The van der Waals surface area contributed by atoms with Crippen LogP contribution in [0, 0.1) is 0 Å². The van der Waals surface area contributed by atoms with Gasteiger partial charge in [0, 0.05) is 5.54 Å². The molecule has 0 unspecified atom stereocenters. The van der Waals surface area contributed by atoms with Gasteiger partial charge >= 0.3 is 0 Å². The monoisotopic (exact) mass is 206 g/mol. The lowest BCUT2D eigenvalue weighted by molar-refractivity contribution is 0.0845. The van der Waals surface area contributed by atoms with Crippen molar-refractivity contribution in [3.8, 4) is 0 Å². The molecule has 1 amide bonds. The van der Waals surface area contributed by atoms with E-state index in [1.165, 1.54) is 18.8 Å². The molecule has 1 aromatic heterocycles. The first-order chi connectivity index (χ1) is 7.09. The molecular formula is C10H14N4O. The molecule has 0 aliphatic heterocycles. The highest BCUT2D eigenvalue weighted by atomic mass is 16.2. The molecule has 5 heteroatoms. The van der Waals surface area contributed by atoms with Crippen LogP contribution in [-0.4, -0.2) is 21.4 Å². The molecule has 0 atom stereocenters. The zero-order valence-corrected chi connectivity index (χ0v) is 8.66. The summed E-state index contributed by atoms with van der Waals surface area (Å²) in [6, 6.07) is 0. The molecule has 0 bridgehead atoms. The fraction of sp³-hybridized carbons (Fsp3) is 0.500. The molecule has 2 rings (SSSR count). The van der Waals surface area contributed by atoms with E-state index in [1.807, 2.05) is 6.92 Å². The Balaban J connectivity index is 2.04. The van der Waals surface area contributed by atoms with Crippen molar-refractivity contribution in [3.05, 3.63) is 18.1 Å². The summed E-state index contributed by atoms with van der Waals surface area (Å²) < 4.78 is 0. The van der Waals surface area contributed by atoms with Gasteiger partial charge in [0.2, 0.25) is 0 Å². The number of aromatic nitrogens is 2. The Bertz CT molecular complexity index is 370. The second-order valence-corrected chi connectivity index (χ2v) is 4.19. The number of hydrogen-bond donors (Lipinski definition) is 2. The summed E-state index contributed by atoms with van der Waals surface area (Å²) in [5.41, 5.74) is 5.65. The number of carbonyl (C=O) groups excluding carboxylic acids is 1. The van der Waals surface area contributed by atoms with Crippen LogP contribution in [0.5, 0.6) is 0 Å². The number of amides is 1. The average molecular weight is 206 g/mol. The summed E-state index contributed by atoms with van der Waals surface area (Å²) in [6.07, 6.45) is 6.01. The van der Waals surface area contributed by atoms with E-state index in [0.29, 0.717) is 11.5 Å². The van der Waals surface area contributed by atoms with Crippen LogP contribution in [0.15, 0.2) is 12.4 Å². The largest absolute Gasteiger partial charge is 0.382 e. The molecule has 1 aromatic rings. The van der Waals surface area contributed by atoms with Crippen molar-refractivity contribution in [2.45, 2.75) is 31.7 Å². The summed E-state index contributed by atoms with van der Waals surface area (Å²) in [7, 11) is 0. The van der Waals surface area contributed by atoms with Gasteiger partial charge < -0.3 is 11.1 Å². The van der Waals surface area contributed by atoms with Gasteiger partial charge in [-0.1, -0.05) is 0 Å². The number of hydrogen-bond acceptors (Lipinski definition) is 4. The van der Waals surface area contributed by atoms with Crippen molar-refractivity contribution in [2.24, 2.45) is 0 Å². The fourth-order valence-corrected chi connectivity index (χ4v) is 1.63. The van der Waals surface area contributed by atoms with Crippen molar-refractivity contribution in [1.82, 2.24) is 15.3 Å². The van der Waals surface area contributed by atoms with Crippen LogP contribution in [-0.2, 0) is 0 Å². The highest BCUT2D eigenvalue weighted by Gasteiger charge is 2.33. The van der Waals surface area contributed by atoms with E-state index in [0.717, 1.165) is 12.8 Å². The standard InChI is InChI=1S/C10H14N4O/c1-10(3-2-4-10)14-9(15)7-5-13-8(11)6-12-7/h5-6H,2-4H2,1H3,(H2,11,13)(H,14,15). The third kappa shape index (κ3) is 2.06. The summed E-state index contributed by atoms with van der Waals surface area (Å²) >= 11 is 0. The van der Waals surface area contributed by atoms with E-state index in [2.05, 4.69) is 15.3 Å². The first-order valence-corrected chi connectivity index (χ1v) is 4.99. The molecule has 1 aliphatic carbocycles. The van der Waals surface area contributed by atoms with Crippen molar-refractivity contribution in [2.75, 3.05) is 5.73 Å². The minimum Gasteiger partial charge on any atom is -0.382 e. The zero-order chi connectivity index (χ0) is 10.9. The van der Waals surface area contributed by atoms with E-state index in [1.54, 1.807) is 0 Å². The van der Waals surface area contributed by atoms with Gasteiger partial charge in [-0.3, -0.25) is 4.79 Å². The van der Waals surface area contributed by atoms with Gasteiger partial charge in [0.25, 0.3) is 5.91 Å². The third-order valence-electron chi connectivity index (χ3n) is 2.78. The molecule has 0 spiro atoms. The van der Waals surface area contributed by atoms with Crippen LogP contribution < -0.4 is 11.1 Å². The van der Waals surface area contributed by atoms with Gasteiger partial charge in [-0.25, -0.2) is 9.97 Å². The van der Waals surface area contributed by atoms with Crippen LogP contribution in [0.4, 0.5) is 5.82 Å². The van der Waals surface area contributed by atoms with Crippen molar-refractivity contribution >= 4 is 11.7 Å². The Morgan fingerprint density at radius 1 is 1.47 bits per heavy atom. The predicted octanol–water partition coefficient (Wildman–Crippen LogP) is 0.731. The normalized spacial score (nSPS) is 17.9. The lowest BCUT2D eigenvalue weighted by Gasteiger charge is -2.38. The maximum absolute atomic E-state index is 11.7. The highest BCUT2D eigenvalue weighted by Crippen LogP contribution is 2.30. The fourth-order valence-electron chi connectivity index (χ4n) is 1.63. The maximum Gasteiger partial charge on any atom is 0.271 e. The number of rotatable bonds is 2. The molecule has 1 heterocycles. The van der Waals surface area contributed by atoms with E-state index >= 15 is 0 Å². The summed E-state index contributed by atoms with van der Waals surface area (Å²) in [5.74, 6) is 0.145. The Hall–Kier alpha value is -1.65. The quantitative estimate of drug-likeness (QED) is 0.747. The van der Waals surface area contributed by atoms with Crippen LogP contribution in [0.3, 0.4) is 0 Å². The van der Waals surface area contributed by atoms with Crippen LogP contribution in [0.1, 0.15) is 36.7 Å². The van der Waals surface area contributed by atoms with Gasteiger partial charge in [0.1, 0.15) is 11.5 Å². The highest BCUT2D eigenvalue weighted by molar-refractivity contribution is 5.92. The lowest BCUT2D eigenvalue weighted by Crippen LogP contribution is -2.51. The van der Waals surface area contributed by atoms with Crippen LogP contribution >= 0.6 is 0 Å². The lowest BCUT2D eigenvalue weighted by atomic mass is 9.78. The minimum atomic E-state index is -0.176. The molecule has 1 aliphatic rings. The van der Waals surface area contributed by atoms with E-state index < -0.39 is 0 Å². The molecule has 0 radical (unpaired) electrons. The maximum atomic E-state index is 11.7. The molecule has 5 nitrogen and oxygen atoms in total. The Morgan fingerprint density at radius 3 is 2.67 bits per heavy atom. The number of carbonyl (C=O) groups is 1. The number of anilines is 1. The summed E-state index contributed by atoms with van der Waals surface area (Å²) in [4.78, 5) is 19.5. The molecule has 0 aromatic carbocycles. The van der Waals surface area contributed by atoms with E-state index in [9.17, 15) is 4.79 Å².